The molecule has 0 radical (unpaired) electrons. The summed E-state index contributed by atoms with van der Waals surface area (Å²) in [5.41, 5.74) is 0. The van der Waals surface area contributed by atoms with Crippen LogP contribution >= 0.6 is 0 Å². The molecule has 0 fully saturated rings. The molecule has 0 spiro atoms. The molecule has 0 aromatic carbocycles. The van der Waals surface area contributed by atoms with Crippen molar-refractivity contribution in [3.63, 3.8) is 0 Å². The Morgan fingerprint density at radius 1 is 1.36 bits per heavy atom. The lowest BCUT2D eigenvalue weighted by Gasteiger charge is -2.26. The normalized spacial score (nSPS) is 27.9. The topological polar surface area (TPSA) is 23.8 Å². The lowest BCUT2D eigenvalue weighted by atomic mass is 9.79. The van der Waals surface area contributed by atoms with Crippen LogP contribution in [0.15, 0.2) is 12.2 Å². The molecule has 1 rings (SSSR count). The van der Waals surface area contributed by atoms with Crippen molar-refractivity contribution in [2.75, 3.05) is 0 Å². The summed E-state index contributed by atoms with van der Waals surface area (Å²) in [7, 11) is 0. The van der Waals surface area contributed by atoms with Gasteiger partial charge in [0.1, 0.15) is 0 Å². The number of allylic oxidation sites excluding steroid dienone is 2. The minimum atomic E-state index is 0.178. The molecule has 1 heteroatoms. The van der Waals surface area contributed by atoms with Gasteiger partial charge in [0.2, 0.25) is 0 Å². The summed E-state index contributed by atoms with van der Waals surface area (Å²) in [6.07, 6.45) is 7.92. The van der Waals surface area contributed by atoms with Crippen molar-refractivity contribution in [1.29, 1.82) is 5.26 Å². The average Bonchev–Trinajstić information content (AvgIpc) is 2.67. The summed E-state index contributed by atoms with van der Waals surface area (Å²) >= 11 is 0. The molecule has 1 aliphatic rings. The van der Waals surface area contributed by atoms with Crippen LogP contribution in [0.3, 0.4) is 0 Å². The highest BCUT2D eigenvalue weighted by molar-refractivity contribution is 5.10. The molecule has 1 nitrogen and oxygen atoms in total. The van der Waals surface area contributed by atoms with Gasteiger partial charge in [-0.15, -0.1) is 0 Å². The fraction of sp³-hybridized carbons (Fsp3) is 0.769. The van der Waals surface area contributed by atoms with E-state index in [0.29, 0.717) is 5.92 Å². The predicted octanol–water partition coefficient (Wildman–Crippen LogP) is 3.77. The highest BCUT2D eigenvalue weighted by Gasteiger charge is 2.27. The smallest absolute Gasteiger partial charge is 0.0697 e. The Bertz CT molecular complexity index is 232. The third-order valence-electron chi connectivity index (χ3n) is 3.75. The Balaban J connectivity index is 2.51. The maximum absolute atomic E-state index is 8.82. The maximum Gasteiger partial charge on any atom is 0.0697 e. The Morgan fingerprint density at radius 3 is 2.43 bits per heavy atom. The molecule has 0 aromatic heterocycles. The molecule has 0 amide bonds. The molecular weight excluding hydrogens is 170 g/mol. The van der Waals surface area contributed by atoms with Gasteiger partial charge in [0.05, 0.1) is 12.0 Å². The number of nitrogens with zero attached hydrogens (tertiary/aromatic N) is 1. The summed E-state index contributed by atoms with van der Waals surface area (Å²) in [4.78, 5) is 0. The van der Waals surface area contributed by atoms with Crippen molar-refractivity contribution in [1.82, 2.24) is 0 Å². The SMILES string of the molecule is CCC(CC)C(C)C1C=CC(C#N)C1. The van der Waals surface area contributed by atoms with Gasteiger partial charge in [-0.2, -0.15) is 5.26 Å². The van der Waals surface area contributed by atoms with Gasteiger partial charge in [-0.3, -0.25) is 0 Å². The van der Waals surface area contributed by atoms with E-state index in [1.807, 2.05) is 0 Å². The second-order valence-electron chi connectivity index (χ2n) is 4.46. The van der Waals surface area contributed by atoms with Gasteiger partial charge >= 0.3 is 0 Å². The van der Waals surface area contributed by atoms with E-state index < -0.39 is 0 Å². The van der Waals surface area contributed by atoms with Crippen molar-refractivity contribution in [2.45, 2.75) is 40.0 Å². The Kier molecular flexibility index (Phi) is 4.20. The minimum Gasteiger partial charge on any atom is -0.198 e. The number of nitriles is 1. The molecule has 0 aliphatic heterocycles. The zero-order valence-electron chi connectivity index (χ0n) is 9.53. The first-order valence-corrected chi connectivity index (χ1v) is 5.80. The lowest BCUT2D eigenvalue weighted by Crippen LogP contribution is -2.18. The van der Waals surface area contributed by atoms with E-state index in [9.17, 15) is 0 Å². The van der Waals surface area contributed by atoms with Crippen LogP contribution in [0.2, 0.25) is 0 Å². The fourth-order valence-corrected chi connectivity index (χ4v) is 2.59. The average molecular weight is 191 g/mol. The summed E-state index contributed by atoms with van der Waals surface area (Å²) < 4.78 is 0. The molecule has 0 saturated carbocycles. The molecule has 0 saturated heterocycles. The first kappa shape index (κ1) is 11.3. The molecule has 1 aliphatic carbocycles. The van der Waals surface area contributed by atoms with Crippen LogP contribution in [-0.4, -0.2) is 0 Å². The van der Waals surface area contributed by atoms with Crippen LogP contribution in [0.5, 0.6) is 0 Å². The van der Waals surface area contributed by atoms with E-state index in [0.717, 1.165) is 18.3 Å². The third kappa shape index (κ3) is 2.38. The third-order valence-corrected chi connectivity index (χ3v) is 3.75. The molecule has 0 N–H and O–H groups in total. The maximum atomic E-state index is 8.82. The summed E-state index contributed by atoms with van der Waals surface area (Å²) in [6, 6.07) is 2.34. The molecular formula is C13H21N. The van der Waals surface area contributed by atoms with Crippen molar-refractivity contribution >= 4 is 0 Å². The quantitative estimate of drug-likeness (QED) is 0.620. The zero-order valence-corrected chi connectivity index (χ0v) is 9.53. The van der Waals surface area contributed by atoms with E-state index in [1.54, 1.807) is 0 Å². The largest absolute Gasteiger partial charge is 0.198 e. The summed E-state index contributed by atoms with van der Waals surface area (Å²) in [5, 5.41) is 8.82. The Hall–Kier alpha value is -0.770. The molecule has 3 atom stereocenters. The molecule has 78 valence electrons. The second kappa shape index (κ2) is 5.20. The molecule has 0 bridgehead atoms. The Morgan fingerprint density at radius 2 is 2.00 bits per heavy atom. The number of hydrogen-bond acceptors (Lipinski definition) is 1. The first-order valence-electron chi connectivity index (χ1n) is 5.80. The standard InChI is InChI=1S/C13H21N/c1-4-12(5-2)10(3)13-7-6-11(8-13)9-14/h6-7,10-13H,4-5,8H2,1-3H3. The van der Waals surface area contributed by atoms with Gasteiger partial charge in [-0.05, 0) is 24.2 Å². The zero-order chi connectivity index (χ0) is 10.6. The number of hydrogen-bond donors (Lipinski definition) is 0. The van der Waals surface area contributed by atoms with E-state index >= 15 is 0 Å². The second-order valence-corrected chi connectivity index (χ2v) is 4.46. The molecule has 3 unspecified atom stereocenters. The van der Waals surface area contributed by atoms with Gasteiger partial charge in [-0.1, -0.05) is 45.8 Å². The van der Waals surface area contributed by atoms with Crippen molar-refractivity contribution in [2.24, 2.45) is 23.7 Å². The fourth-order valence-electron chi connectivity index (χ4n) is 2.59. The Labute approximate surface area is 87.8 Å². The van der Waals surface area contributed by atoms with E-state index in [1.165, 1.54) is 12.8 Å². The first-order chi connectivity index (χ1) is 6.72. The number of rotatable bonds is 4. The van der Waals surface area contributed by atoms with Crippen molar-refractivity contribution in [3.8, 4) is 6.07 Å². The predicted molar refractivity (Wildman–Crippen MR) is 59.6 cm³/mol. The van der Waals surface area contributed by atoms with Gasteiger partial charge in [-0.25, -0.2) is 0 Å². The van der Waals surface area contributed by atoms with E-state index in [-0.39, 0.29) is 5.92 Å². The van der Waals surface area contributed by atoms with Crippen LogP contribution in [0.1, 0.15) is 40.0 Å². The van der Waals surface area contributed by atoms with Crippen LogP contribution in [-0.2, 0) is 0 Å². The van der Waals surface area contributed by atoms with Gasteiger partial charge in [0.15, 0.2) is 0 Å². The van der Waals surface area contributed by atoms with Crippen LogP contribution in [0, 0.1) is 35.0 Å². The van der Waals surface area contributed by atoms with Crippen LogP contribution in [0.25, 0.3) is 0 Å². The molecule has 0 aromatic rings. The van der Waals surface area contributed by atoms with E-state index in [2.05, 4.69) is 39.0 Å². The molecule has 14 heavy (non-hydrogen) atoms. The highest BCUT2D eigenvalue weighted by Crippen LogP contribution is 2.35. The van der Waals surface area contributed by atoms with Gasteiger partial charge in [0, 0.05) is 0 Å². The van der Waals surface area contributed by atoms with Crippen LogP contribution in [0.4, 0.5) is 0 Å². The molecule has 0 heterocycles. The minimum absolute atomic E-state index is 0.178. The van der Waals surface area contributed by atoms with Crippen molar-refractivity contribution < 1.29 is 0 Å². The summed E-state index contributed by atoms with van der Waals surface area (Å²) in [6.45, 7) is 6.88. The van der Waals surface area contributed by atoms with E-state index in [4.69, 9.17) is 5.26 Å². The van der Waals surface area contributed by atoms with Gasteiger partial charge < -0.3 is 0 Å². The van der Waals surface area contributed by atoms with Gasteiger partial charge in [0.25, 0.3) is 0 Å². The van der Waals surface area contributed by atoms with Crippen LogP contribution < -0.4 is 0 Å². The highest BCUT2D eigenvalue weighted by atomic mass is 14.3. The lowest BCUT2D eigenvalue weighted by molar-refractivity contribution is 0.261. The summed E-state index contributed by atoms with van der Waals surface area (Å²) in [5.74, 6) is 2.38. The van der Waals surface area contributed by atoms with Crippen molar-refractivity contribution in [3.05, 3.63) is 12.2 Å². The monoisotopic (exact) mass is 191 g/mol.